The maximum absolute atomic E-state index is 13.6. The number of halogens is 1. The second kappa shape index (κ2) is 10.8. The molecule has 3 aromatic carbocycles. The highest BCUT2D eigenvalue weighted by Crippen LogP contribution is 2.29. The number of carbonyl (C=O) groups is 1. The van der Waals surface area contributed by atoms with E-state index in [4.69, 9.17) is 9.47 Å². The van der Waals surface area contributed by atoms with Crippen molar-refractivity contribution in [2.24, 2.45) is 0 Å². The summed E-state index contributed by atoms with van der Waals surface area (Å²) in [5.74, 6) is 0.177. The van der Waals surface area contributed by atoms with Crippen molar-refractivity contribution in [1.82, 2.24) is 9.88 Å². The maximum atomic E-state index is 13.6. The molecule has 0 radical (unpaired) electrons. The predicted octanol–water partition coefficient (Wildman–Crippen LogP) is 4.13. The van der Waals surface area contributed by atoms with Gasteiger partial charge in [-0.25, -0.2) is 12.8 Å². The average Bonchev–Trinajstić information content (AvgIpc) is 3.23. The number of carbonyl (C=O) groups excluding carboxylic acids is 1. The van der Waals surface area contributed by atoms with Crippen molar-refractivity contribution in [2.45, 2.75) is 23.6 Å². The number of methoxy groups -OCH3 is 2. The number of hydrogen-bond donors (Lipinski definition) is 1. The second-order valence-corrected chi connectivity index (χ2v) is 10.3. The standard InChI is InChI=1S/C27H27FN2O5S/c1-34-24-11-10-19(15-25(24)35-2)12-13-29-27(31)17-30-16-26(22-8-3-4-9-23(22)30)36(32,33)18-20-6-5-7-21(28)14-20/h3-11,14-16H,12-13,17-18H2,1-2H3,(H,29,31). The number of hydrogen-bond acceptors (Lipinski definition) is 5. The first-order valence-corrected chi connectivity index (χ1v) is 13.0. The van der Waals surface area contributed by atoms with Gasteiger partial charge in [-0.1, -0.05) is 36.4 Å². The topological polar surface area (TPSA) is 86.6 Å². The van der Waals surface area contributed by atoms with Gasteiger partial charge in [0.05, 0.1) is 24.9 Å². The molecular weight excluding hydrogens is 483 g/mol. The number of amides is 1. The molecule has 36 heavy (non-hydrogen) atoms. The number of fused-ring (bicyclic) bond motifs is 1. The Kier molecular flexibility index (Phi) is 7.59. The number of sulfone groups is 1. The van der Waals surface area contributed by atoms with Gasteiger partial charge in [-0.15, -0.1) is 0 Å². The summed E-state index contributed by atoms with van der Waals surface area (Å²) < 4.78 is 52.1. The minimum absolute atomic E-state index is 0.0397. The summed E-state index contributed by atoms with van der Waals surface area (Å²) in [5, 5.41) is 3.40. The minimum atomic E-state index is -3.78. The molecule has 0 saturated heterocycles. The predicted molar refractivity (Wildman–Crippen MR) is 135 cm³/mol. The Bertz CT molecular complexity index is 1500. The molecule has 0 aliphatic heterocycles. The first kappa shape index (κ1) is 25.2. The highest BCUT2D eigenvalue weighted by atomic mass is 32.2. The van der Waals surface area contributed by atoms with Gasteiger partial charge >= 0.3 is 0 Å². The molecule has 1 heterocycles. The summed E-state index contributed by atoms with van der Waals surface area (Å²) in [4.78, 5) is 12.8. The van der Waals surface area contributed by atoms with Gasteiger partial charge in [0, 0.05) is 23.6 Å². The number of nitrogens with one attached hydrogen (secondary N) is 1. The van der Waals surface area contributed by atoms with Crippen LogP contribution in [0.5, 0.6) is 11.5 Å². The fourth-order valence-corrected chi connectivity index (χ4v) is 5.68. The van der Waals surface area contributed by atoms with E-state index in [0.717, 1.165) is 5.56 Å². The zero-order chi connectivity index (χ0) is 25.7. The lowest BCUT2D eigenvalue weighted by Gasteiger charge is -2.10. The summed E-state index contributed by atoms with van der Waals surface area (Å²) in [6, 6.07) is 18.1. The summed E-state index contributed by atoms with van der Waals surface area (Å²) in [6.07, 6.45) is 2.07. The second-order valence-electron chi connectivity index (χ2n) is 8.32. The normalized spacial score (nSPS) is 11.4. The first-order chi connectivity index (χ1) is 17.3. The van der Waals surface area contributed by atoms with E-state index < -0.39 is 15.7 Å². The molecule has 4 aromatic rings. The third-order valence-electron chi connectivity index (χ3n) is 5.83. The van der Waals surface area contributed by atoms with Gasteiger partial charge in [-0.05, 0) is 47.9 Å². The van der Waals surface area contributed by atoms with E-state index in [0.29, 0.717) is 40.9 Å². The molecule has 0 aliphatic rings. The average molecular weight is 511 g/mol. The largest absolute Gasteiger partial charge is 0.493 e. The van der Waals surface area contributed by atoms with Crippen LogP contribution in [-0.4, -0.2) is 39.7 Å². The Hall–Kier alpha value is -3.85. The van der Waals surface area contributed by atoms with Gasteiger partial charge < -0.3 is 19.4 Å². The fourth-order valence-electron chi connectivity index (χ4n) is 4.11. The van der Waals surface area contributed by atoms with Crippen LogP contribution in [0.3, 0.4) is 0 Å². The lowest BCUT2D eigenvalue weighted by Crippen LogP contribution is -2.29. The van der Waals surface area contributed by atoms with E-state index in [1.54, 1.807) is 49.1 Å². The van der Waals surface area contributed by atoms with Gasteiger partial charge in [0.2, 0.25) is 5.91 Å². The maximum Gasteiger partial charge on any atom is 0.239 e. The van der Waals surface area contributed by atoms with E-state index in [2.05, 4.69) is 5.32 Å². The van der Waals surface area contributed by atoms with Gasteiger partial charge in [-0.3, -0.25) is 4.79 Å². The molecule has 0 bridgehead atoms. The zero-order valence-corrected chi connectivity index (χ0v) is 20.8. The number of aromatic nitrogens is 1. The lowest BCUT2D eigenvalue weighted by atomic mass is 10.1. The van der Waals surface area contributed by atoms with Crippen LogP contribution in [0.4, 0.5) is 4.39 Å². The summed E-state index contributed by atoms with van der Waals surface area (Å²) >= 11 is 0. The first-order valence-electron chi connectivity index (χ1n) is 11.3. The number of nitrogens with zero attached hydrogens (tertiary/aromatic N) is 1. The van der Waals surface area contributed by atoms with Gasteiger partial charge in [0.25, 0.3) is 0 Å². The van der Waals surface area contributed by atoms with Crippen LogP contribution < -0.4 is 14.8 Å². The van der Waals surface area contributed by atoms with Gasteiger partial charge in [0.1, 0.15) is 12.4 Å². The molecular formula is C27H27FN2O5S. The molecule has 0 atom stereocenters. The van der Waals surface area contributed by atoms with Crippen molar-refractivity contribution in [3.05, 3.63) is 89.9 Å². The van der Waals surface area contributed by atoms with Crippen LogP contribution in [0, 0.1) is 5.82 Å². The van der Waals surface area contributed by atoms with Gasteiger partial charge in [-0.2, -0.15) is 0 Å². The summed E-state index contributed by atoms with van der Waals surface area (Å²) in [7, 11) is -0.641. The Morgan fingerprint density at radius 1 is 0.944 bits per heavy atom. The molecule has 7 nitrogen and oxygen atoms in total. The Morgan fingerprint density at radius 3 is 2.47 bits per heavy atom. The molecule has 1 aromatic heterocycles. The highest BCUT2D eigenvalue weighted by molar-refractivity contribution is 7.90. The molecule has 4 rings (SSSR count). The van der Waals surface area contributed by atoms with Crippen LogP contribution >= 0.6 is 0 Å². The Morgan fingerprint density at radius 2 is 1.72 bits per heavy atom. The highest BCUT2D eigenvalue weighted by Gasteiger charge is 2.22. The zero-order valence-electron chi connectivity index (χ0n) is 20.0. The molecule has 1 N–H and O–H groups in total. The SMILES string of the molecule is COc1ccc(CCNC(=O)Cn2cc(S(=O)(=O)Cc3cccc(F)c3)c3ccccc32)cc1OC. The van der Waals surface area contributed by atoms with Crippen LogP contribution in [-0.2, 0) is 33.4 Å². The van der Waals surface area contributed by atoms with Crippen LogP contribution in [0.2, 0.25) is 0 Å². The third kappa shape index (κ3) is 5.68. The van der Waals surface area contributed by atoms with Crippen molar-refractivity contribution in [3.63, 3.8) is 0 Å². The third-order valence-corrected chi connectivity index (χ3v) is 7.54. The van der Waals surface area contributed by atoms with Crippen molar-refractivity contribution in [2.75, 3.05) is 20.8 Å². The molecule has 188 valence electrons. The van der Waals surface area contributed by atoms with Gasteiger partial charge in [0.15, 0.2) is 21.3 Å². The molecule has 0 fully saturated rings. The quantitative estimate of drug-likeness (QED) is 0.347. The molecule has 0 aliphatic carbocycles. The number of benzene rings is 3. The Labute approximate surface area is 209 Å². The number of rotatable bonds is 10. The molecule has 0 unspecified atom stereocenters. The van der Waals surface area contributed by atoms with Crippen LogP contribution in [0.1, 0.15) is 11.1 Å². The van der Waals surface area contributed by atoms with E-state index in [1.807, 2.05) is 18.2 Å². The Balaban J connectivity index is 1.47. The van der Waals surface area contributed by atoms with Crippen molar-refractivity contribution < 1.29 is 27.1 Å². The van der Waals surface area contributed by atoms with Crippen molar-refractivity contribution >= 4 is 26.6 Å². The number of ether oxygens (including phenoxy) is 2. The lowest BCUT2D eigenvalue weighted by molar-refractivity contribution is -0.121. The van der Waals surface area contributed by atoms with E-state index in [1.165, 1.54) is 24.4 Å². The van der Waals surface area contributed by atoms with E-state index in [9.17, 15) is 17.6 Å². The molecule has 9 heteroatoms. The molecule has 1 amide bonds. The van der Waals surface area contributed by atoms with Crippen molar-refractivity contribution in [3.8, 4) is 11.5 Å². The fraction of sp³-hybridized carbons (Fsp3) is 0.222. The number of para-hydroxylation sites is 1. The van der Waals surface area contributed by atoms with Crippen LogP contribution in [0.25, 0.3) is 10.9 Å². The van der Waals surface area contributed by atoms with Crippen molar-refractivity contribution in [1.29, 1.82) is 0 Å². The summed E-state index contributed by atoms with van der Waals surface area (Å²) in [5.41, 5.74) is 1.97. The molecule has 0 saturated carbocycles. The summed E-state index contributed by atoms with van der Waals surface area (Å²) in [6.45, 7) is 0.361. The smallest absolute Gasteiger partial charge is 0.239 e. The molecule has 0 spiro atoms. The monoisotopic (exact) mass is 510 g/mol. The van der Waals surface area contributed by atoms with Crippen LogP contribution in [0.15, 0.2) is 77.8 Å². The van der Waals surface area contributed by atoms with E-state index >= 15 is 0 Å². The minimum Gasteiger partial charge on any atom is -0.493 e. The van der Waals surface area contributed by atoms with E-state index in [-0.39, 0.29) is 23.1 Å².